The summed E-state index contributed by atoms with van der Waals surface area (Å²) >= 11 is 0. The summed E-state index contributed by atoms with van der Waals surface area (Å²) in [5, 5.41) is 3.82. The average molecular weight is 354 g/mol. The highest BCUT2D eigenvalue weighted by Gasteiger charge is 2.15. The molecule has 4 heteroatoms. The van der Waals surface area contributed by atoms with Gasteiger partial charge in [-0.05, 0) is 35.9 Å². The first-order chi connectivity index (χ1) is 13.2. The second kappa shape index (κ2) is 7.30. The summed E-state index contributed by atoms with van der Waals surface area (Å²) in [6, 6.07) is 24.9. The number of para-hydroxylation sites is 1. The Morgan fingerprint density at radius 1 is 0.889 bits per heavy atom. The van der Waals surface area contributed by atoms with Crippen molar-refractivity contribution >= 4 is 28.8 Å². The first kappa shape index (κ1) is 16.8. The molecule has 4 rings (SSSR count). The van der Waals surface area contributed by atoms with Gasteiger partial charge in [-0.25, -0.2) is 0 Å². The molecule has 3 aromatic carbocycles. The standard InChI is InChI=1S/C23H18N2O2/c26-16-18-10-12-19(13-11-18)24-23(27)21-15-25(14-17-6-2-1-3-7-17)22-9-5-4-8-20(21)22/h1-13,15-16H,14H2,(H,24,27). The fraction of sp³-hybridized carbons (Fsp3) is 0.0435. The van der Waals surface area contributed by atoms with Crippen LogP contribution in [0.2, 0.25) is 0 Å². The van der Waals surface area contributed by atoms with Crippen molar-refractivity contribution < 1.29 is 9.59 Å². The zero-order valence-electron chi connectivity index (χ0n) is 14.6. The molecule has 4 aromatic rings. The van der Waals surface area contributed by atoms with Crippen molar-refractivity contribution in [3.8, 4) is 0 Å². The van der Waals surface area contributed by atoms with Crippen molar-refractivity contribution in [3.05, 3.63) is 102 Å². The highest BCUT2D eigenvalue weighted by molar-refractivity contribution is 6.13. The monoisotopic (exact) mass is 354 g/mol. The van der Waals surface area contributed by atoms with Gasteiger partial charge in [-0.3, -0.25) is 9.59 Å². The van der Waals surface area contributed by atoms with E-state index in [1.165, 1.54) is 5.56 Å². The van der Waals surface area contributed by atoms with Crippen LogP contribution in [0.25, 0.3) is 10.9 Å². The number of fused-ring (bicyclic) bond motifs is 1. The van der Waals surface area contributed by atoms with Gasteiger partial charge in [0.25, 0.3) is 5.91 Å². The summed E-state index contributed by atoms with van der Waals surface area (Å²) in [4.78, 5) is 23.6. The molecule has 0 aliphatic carbocycles. The van der Waals surface area contributed by atoms with E-state index in [-0.39, 0.29) is 5.91 Å². The molecule has 0 saturated carbocycles. The third kappa shape index (κ3) is 3.51. The lowest BCUT2D eigenvalue weighted by molar-refractivity contribution is 0.102. The Morgan fingerprint density at radius 2 is 1.59 bits per heavy atom. The van der Waals surface area contributed by atoms with Crippen LogP contribution in [0.4, 0.5) is 5.69 Å². The third-order valence-corrected chi connectivity index (χ3v) is 4.53. The topological polar surface area (TPSA) is 51.1 Å². The van der Waals surface area contributed by atoms with Crippen LogP contribution < -0.4 is 5.32 Å². The van der Waals surface area contributed by atoms with Gasteiger partial charge in [-0.2, -0.15) is 0 Å². The molecule has 0 radical (unpaired) electrons. The molecule has 0 atom stereocenters. The number of nitrogens with one attached hydrogen (secondary N) is 1. The van der Waals surface area contributed by atoms with E-state index >= 15 is 0 Å². The molecule has 1 N–H and O–H groups in total. The highest BCUT2D eigenvalue weighted by atomic mass is 16.1. The van der Waals surface area contributed by atoms with Crippen molar-refractivity contribution in [3.63, 3.8) is 0 Å². The predicted molar refractivity (Wildman–Crippen MR) is 107 cm³/mol. The number of hydrogen-bond donors (Lipinski definition) is 1. The SMILES string of the molecule is O=Cc1ccc(NC(=O)c2cn(Cc3ccccc3)c3ccccc23)cc1. The lowest BCUT2D eigenvalue weighted by Crippen LogP contribution is -2.11. The van der Waals surface area contributed by atoms with Crippen LogP contribution >= 0.6 is 0 Å². The van der Waals surface area contributed by atoms with Gasteiger partial charge in [-0.15, -0.1) is 0 Å². The van der Waals surface area contributed by atoms with E-state index < -0.39 is 0 Å². The molecule has 27 heavy (non-hydrogen) atoms. The fourth-order valence-electron chi connectivity index (χ4n) is 3.18. The summed E-state index contributed by atoms with van der Waals surface area (Å²) in [7, 11) is 0. The Labute approximate surface area is 157 Å². The quantitative estimate of drug-likeness (QED) is 0.526. The Bertz CT molecular complexity index is 1100. The number of aldehydes is 1. The second-order valence-electron chi connectivity index (χ2n) is 6.37. The zero-order valence-corrected chi connectivity index (χ0v) is 14.6. The number of benzene rings is 3. The van der Waals surface area contributed by atoms with Gasteiger partial charge in [0.05, 0.1) is 5.56 Å². The number of anilines is 1. The summed E-state index contributed by atoms with van der Waals surface area (Å²) in [5.41, 5.74) is 4.05. The van der Waals surface area contributed by atoms with Gasteiger partial charge in [0.2, 0.25) is 0 Å². The van der Waals surface area contributed by atoms with Crippen LogP contribution in [0.5, 0.6) is 0 Å². The third-order valence-electron chi connectivity index (χ3n) is 4.53. The molecule has 0 unspecified atom stereocenters. The summed E-state index contributed by atoms with van der Waals surface area (Å²) < 4.78 is 2.09. The predicted octanol–water partition coefficient (Wildman–Crippen LogP) is 4.75. The van der Waals surface area contributed by atoms with Gasteiger partial charge >= 0.3 is 0 Å². The van der Waals surface area contributed by atoms with Crippen LogP contribution in [0.15, 0.2) is 85.1 Å². The highest BCUT2D eigenvalue weighted by Crippen LogP contribution is 2.23. The lowest BCUT2D eigenvalue weighted by Gasteiger charge is -2.05. The number of hydrogen-bond acceptors (Lipinski definition) is 2. The maximum Gasteiger partial charge on any atom is 0.257 e. The largest absolute Gasteiger partial charge is 0.342 e. The average Bonchev–Trinajstić information content (AvgIpc) is 3.08. The molecule has 1 amide bonds. The lowest BCUT2D eigenvalue weighted by atomic mass is 10.1. The first-order valence-electron chi connectivity index (χ1n) is 8.73. The van der Waals surface area contributed by atoms with Gasteiger partial charge in [0.1, 0.15) is 6.29 Å². The van der Waals surface area contributed by atoms with Crippen molar-refractivity contribution in [2.75, 3.05) is 5.32 Å². The number of rotatable bonds is 5. The molecule has 0 fully saturated rings. The molecule has 0 spiro atoms. The number of nitrogens with zero attached hydrogens (tertiary/aromatic N) is 1. The van der Waals surface area contributed by atoms with Gasteiger partial charge in [0.15, 0.2) is 0 Å². The van der Waals surface area contributed by atoms with Gasteiger partial charge in [-0.1, -0.05) is 48.5 Å². The summed E-state index contributed by atoms with van der Waals surface area (Å²) in [6.45, 7) is 0.697. The minimum Gasteiger partial charge on any atom is -0.342 e. The molecular weight excluding hydrogens is 336 g/mol. The molecule has 0 aliphatic rings. The molecule has 0 saturated heterocycles. The normalized spacial score (nSPS) is 10.7. The number of amides is 1. The minimum atomic E-state index is -0.170. The van der Waals surface area contributed by atoms with Crippen molar-refractivity contribution in [2.45, 2.75) is 6.54 Å². The fourth-order valence-corrected chi connectivity index (χ4v) is 3.18. The Morgan fingerprint density at radius 3 is 2.33 bits per heavy atom. The molecule has 1 aromatic heterocycles. The summed E-state index contributed by atoms with van der Waals surface area (Å²) in [6.07, 6.45) is 2.68. The van der Waals surface area contributed by atoms with E-state index in [2.05, 4.69) is 22.0 Å². The van der Waals surface area contributed by atoms with Crippen LogP contribution in [0, 0.1) is 0 Å². The Hall–Kier alpha value is -3.66. The number of carbonyl (C=O) groups excluding carboxylic acids is 2. The summed E-state index contributed by atoms with van der Waals surface area (Å²) in [5.74, 6) is -0.170. The Kier molecular flexibility index (Phi) is 4.54. The van der Waals surface area contributed by atoms with E-state index in [4.69, 9.17) is 0 Å². The zero-order chi connectivity index (χ0) is 18.6. The molecular formula is C23H18N2O2. The van der Waals surface area contributed by atoms with E-state index in [9.17, 15) is 9.59 Å². The van der Waals surface area contributed by atoms with E-state index in [0.717, 1.165) is 17.2 Å². The van der Waals surface area contributed by atoms with E-state index in [1.807, 2.05) is 48.7 Å². The maximum absolute atomic E-state index is 12.9. The maximum atomic E-state index is 12.9. The van der Waals surface area contributed by atoms with Gasteiger partial charge < -0.3 is 9.88 Å². The van der Waals surface area contributed by atoms with Crippen LogP contribution in [-0.2, 0) is 6.54 Å². The molecule has 4 nitrogen and oxygen atoms in total. The van der Waals surface area contributed by atoms with Crippen LogP contribution in [0.1, 0.15) is 26.3 Å². The first-order valence-corrected chi connectivity index (χ1v) is 8.73. The smallest absolute Gasteiger partial charge is 0.257 e. The Balaban J connectivity index is 1.66. The van der Waals surface area contributed by atoms with E-state index in [1.54, 1.807) is 24.3 Å². The van der Waals surface area contributed by atoms with Crippen LogP contribution in [0.3, 0.4) is 0 Å². The minimum absolute atomic E-state index is 0.170. The number of aromatic nitrogens is 1. The van der Waals surface area contributed by atoms with Crippen molar-refractivity contribution in [1.29, 1.82) is 0 Å². The molecule has 0 bridgehead atoms. The number of carbonyl (C=O) groups is 2. The van der Waals surface area contributed by atoms with Crippen molar-refractivity contribution in [1.82, 2.24) is 4.57 Å². The molecule has 1 heterocycles. The van der Waals surface area contributed by atoms with Gasteiger partial charge in [0, 0.05) is 34.9 Å². The molecule has 0 aliphatic heterocycles. The van der Waals surface area contributed by atoms with E-state index in [0.29, 0.717) is 23.4 Å². The molecule has 132 valence electrons. The van der Waals surface area contributed by atoms with Crippen molar-refractivity contribution in [2.24, 2.45) is 0 Å². The second-order valence-corrected chi connectivity index (χ2v) is 6.37. The van der Waals surface area contributed by atoms with Crippen LogP contribution in [-0.4, -0.2) is 16.8 Å².